The number of aliphatic hydroxyl groups excluding tert-OH is 1. The van der Waals surface area contributed by atoms with E-state index < -0.39 is 6.10 Å². The fourth-order valence-corrected chi connectivity index (χ4v) is 2.85. The van der Waals surface area contributed by atoms with Crippen LogP contribution in [0.25, 0.3) is 0 Å². The summed E-state index contributed by atoms with van der Waals surface area (Å²) in [5, 5.41) is 10.1. The van der Waals surface area contributed by atoms with Crippen LogP contribution in [0.4, 0.5) is 0 Å². The van der Waals surface area contributed by atoms with Crippen molar-refractivity contribution >= 4 is 11.8 Å². The molecule has 1 atom stereocenters. The summed E-state index contributed by atoms with van der Waals surface area (Å²) in [5.41, 5.74) is 0.636. The molecule has 2 rings (SSSR count). The van der Waals surface area contributed by atoms with Crippen molar-refractivity contribution in [3.63, 3.8) is 0 Å². The molecule has 1 heterocycles. The maximum absolute atomic E-state index is 11.5. The van der Waals surface area contributed by atoms with Gasteiger partial charge in [0, 0.05) is 12.1 Å². The van der Waals surface area contributed by atoms with Crippen molar-refractivity contribution in [2.75, 3.05) is 33.4 Å². The summed E-state index contributed by atoms with van der Waals surface area (Å²) in [4.78, 5) is 24.8. The highest BCUT2D eigenvalue weighted by atomic mass is 16.5. The molecule has 1 aliphatic rings. The predicted octanol–water partition coefficient (Wildman–Crippen LogP) is 1.51. The molecule has 1 N–H and O–H groups in total. The van der Waals surface area contributed by atoms with Crippen LogP contribution in [0.2, 0.25) is 0 Å². The number of Topliss-reactive ketones (excluding diaryl/α,β-unsaturated/α-hetero) is 1. The van der Waals surface area contributed by atoms with Crippen LogP contribution in [-0.2, 0) is 9.53 Å². The van der Waals surface area contributed by atoms with Gasteiger partial charge in [-0.1, -0.05) is 0 Å². The predicted molar refractivity (Wildman–Crippen MR) is 89.1 cm³/mol. The Labute approximate surface area is 142 Å². The number of hydrogen-bond donors (Lipinski definition) is 1. The number of likely N-dealkylation sites (tertiary alicyclic amines) is 1. The van der Waals surface area contributed by atoms with Gasteiger partial charge in [0.1, 0.15) is 18.5 Å². The highest BCUT2D eigenvalue weighted by Gasteiger charge is 2.26. The molecule has 0 aromatic heterocycles. The standard InChI is InChI=1S/C18H25NO5/c1-13(20)14-3-5-17(6-4-14)24-12-16(21)11-19-9-7-15(8-10-19)18(22)23-2/h3-6,15-16,21H,7-12H2,1-2H3/t16-/m1/s1. The Hall–Kier alpha value is -1.92. The number of rotatable bonds is 7. The number of nitrogens with zero attached hydrogens (tertiary/aromatic N) is 1. The number of esters is 1. The van der Waals surface area contributed by atoms with Crippen LogP contribution in [0.5, 0.6) is 5.75 Å². The van der Waals surface area contributed by atoms with Crippen molar-refractivity contribution in [1.82, 2.24) is 4.90 Å². The van der Waals surface area contributed by atoms with Gasteiger partial charge in [0.05, 0.1) is 13.0 Å². The third-order valence-electron chi connectivity index (χ3n) is 4.29. The number of aliphatic hydroxyl groups is 1. The molecule has 0 amide bonds. The van der Waals surface area contributed by atoms with Crippen LogP contribution in [0, 0.1) is 5.92 Å². The lowest BCUT2D eigenvalue weighted by molar-refractivity contribution is -0.147. The Morgan fingerprint density at radius 2 is 1.88 bits per heavy atom. The van der Waals surface area contributed by atoms with Gasteiger partial charge < -0.3 is 19.5 Å². The number of β-amino-alcohol motifs (C(OH)–C–C–N with tert-alkyl or cyclic N) is 1. The summed E-state index contributed by atoms with van der Waals surface area (Å²) in [7, 11) is 1.42. The summed E-state index contributed by atoms with van der Waals surface area (Å²) >= 11 is 0. The van der Waals surface area contributed by atoms with Crippen molar-refractivity contribution < 1.29 is 24.2 Å². The Morgan fingerprint density at radius 1 is 1.25 bits per heavy atom. The van der Waals surface area contributed by atoms with Gasteiger partial charge in [-0.05, 0) is 57.1 Å². The highest BCUT2D eigenvalue weighted by molar-refractivity contribution is 5.94. The molecular weight excluding hydrogens is 310 g/mol. The molecule has 0 spiro atoms. The SMILES string of the molecule is COC(=O)C1CCN(C[C@@H](O)COc2ccc(C(C)=O)cc2)CC1. The Kier molecular flexibility index (Phi) is 6.75. The smallest absolute Gasteiger partial charge is 0.308 e. The fraction of sp³-hybridized carbons (Fsp3) is 0.556. The first-order valence-electron chi connectivity index (χ1n) is 8.21. The molecule has 1 aliphatic heterocycles. The summed E-state index contributed by atoms with van der Waals surface area (Å²) in [6.45, 7) is 3.76. The van der Waals surface area contributed by atoms with Crippen LogP contribution >= 0.6 is 0 Å². The van der Waals surface area contributed by atoms with E-state index in [4.69, 9.17) is 9.47 Å². The van der Waals surface area contributed by atoms with Crippen molar-refractivity contribution in [2.45, 2.75) is 25.9 Å². The molecule has 0 unspecified atom stereocenters. The third-order valence-corrected chi connectivity index (χ3v) is 4.29. The van der Waals surface area contributed by atoms with E-state index in [1.165, 1.54) is 14.0 Å². The van der Waals surface area contributed by atoms with Gasteiger partial charge in [0.15, 0.2) is 5.78 Å². The zero-order chi connectivity index (χ0) is 17.5. The van der Waals surface area contributed by atoms with E-state index in [1.807, 2.05) is 0 Å². The van der Waals surface area contributed by atoms with Crippen molar-refractivity contribution in [2.24, 2.45) is 5.92 Å². The molecule has 132 valence electrons. The van der Waals surface area contributed by atoms with E-state index >= 15 is 0 Å². The number of benzene rings is 1. The zero-order valence-corrected chi connectivity index (χ0v) is 14.2. The maximum Gasteiger partial charge on any atom is 0.308 e. The van der Waals surface area contributed by atoms with Crippen LogP contribution in [0.15, 0.2) is 24.3 Å². The molecule has 1 aromatic carbocycles. The van der Waals surface area contributed by atoms with Gasteiger partial charge in [0.25, 0.3) is 0 Å². The van der Waals surface area contributed by atoms with Crippen molar-refractivity contribution in [3.05, 3.63) is 29.8 Å². The molecule has 24 heavy (non-hydrogen) atoms. The molecule has 0 radical (unpaired) electrons. The van der Waals surface area contributed by atoms with Gasteiger partial charge in [0.2, 0.25) is 0 Å². The quantitative estimate of drug-likeness (QED) is 0.601. The van der Waals surface area contributed by atoms with Gasteiger partial charge in [-0.3, -0.25) is 9.59 Å². The molecule has 1 saturated heterocycles. The summed E-state index contributed by atoms with van der Waals surface area (Å²) in [6, 6.07) is 6.87. The molecule has 0 bridgehead atoms. The largest absolute Gasteiger partial charge is 0.491 e. The molecular formula is C18H25NO5. The second-order valence-electron chi connectivity index (χ2n) is 6.14. The molecule has 0 saturated carbocycles. The normalized spacial score (nSPS) is 17.3. The van der Waals surface area contributed by atoms with E-state index in [0.29, 0.717) is 17.9 Å². The van der Waals surface area contributed by atoms with E-state index in [0.717, 1.165) is 25.9 Å². The number of ether oxygens (including phenoxy) is 2. The molecule has 6 heteroatoms. The molecule has 1 fully saturated rings. The lowest BCUT2D eigenvalue weighted by atomic mass is 9.97. The minimum atomic E-state index is -0.604. The van der Waals surface area contributed by atoms with Crippen LogP contribution in [0.3, 0.4) is 0 Å². The monoisotopic (exact) mass is 335 g/mol. The van der Waals surface area contributed by atoms with Gasteiger partial charge >= 0.3 is 5.97 Å². The molecule has 1 aromatic rings. The fourth-order valence-electron chi connectivity index (χ4n) is 2.85. The Morgan fingerprint density at radius 3 is 2.42 bits per heavy atom. The summed E-state index contributed by atoms with van der Waals surface area (Å²) in [5.74, 6) is 0.465. The highest BCUT2D eigenvalue weighted by Crippen LogP contribution is 2.19. The minimum Gasteiger partial charge on any atom is -0.491 e. The third kappa shape index (κ3) is 5.32. The van der Waals surface area contributed by atoms with E-state index in [9.17, 15) is 14.7 Å². The first kappa shape index (κ1) is 18.4. The van der Waals surface area contributed by atoms with Crippen LogP contribution in [-0.4, -0.2) is 61.2 Å². The average Bonchev–Trinajstić information content (AvgIpc) is 2.60. The van der Waals surface area contributed by atoms with E-state index in [2.05, 4.69) is 4.90 Å². The van der Waals surface area contributed by atoms with Crippen LogP contribution < -0.4 is 4.74 Å². The number of carbonyl (C=O) groups is 2. The number of piperidine rings is 1. The van der Waals surface area contributed by atoms with Crippen molar-refractivity contribution in [3.8, 4) is 5.75 Å². The zero-order valence-electron chi connectivity index (χ0n) is 14.2. The van der Waals surface area contributed by atoms with E-state index in [1.54, 1.807) is 24.3 Å². The molecule has 0 aliphatic carbocycles. The number of carbonyl (C=O) groups excluding carboxylic acids is 2. The number of methoxy groups -OCH3 is 1. The minimum absolute atomic E-state index is 0.0111. The average molecular weight is 335 g/mol. The second-order valence-corrected chi connectivity index (χ2v) is 6.14. The first-order valence-corrected chi connectivity index (χ1v) is 8.21. The Balaban J connectivity index is 1.71. The second kappa shape index (κ2) is 8.80. The maximum atomic E-state index is 11.5. The van der Waals surface area contributed by atoms with Gasteiger partial charge in [-0.25, -0.2) is 0 Å². The van der Waals surface area contributed by atoms with Crippen molar-refractivity contribution in [1.29, 1.82) is 0 Å². The molecule has 6 nitrogen and oxygen atoms in total. The lowest BCUT2D eigenvalue weighted by Gasteiger charge is -2.31. The van der Waals surface area contributed by atoms with E-state index in [-0.39, 0.29) is 24.3 Å². The van der Waals surface area contributed by atoms with Crippen LogP contribution in [0.1, 0.15) is 30.1 Å². The first-order chi connectivity index (χ1) is 11.5. The van der Waals surface area contributed by atoms with Gasteiger partial charge in [-0.15, -0.1) is 0 Å². The topological polar surface area (TPSA) is 76.1 Å². The lowest BCUT2D eigenvalue weighted by Crippen LogP contribution is -2.42. The number of ketones is 1. The summed E-state index contributed by atoms with van der Waals surface area (Å²) in [6.07, 6.45) is 0.909. The number of hydrogen-bond acceptors (Lipinski definition) is 6. The Bertz CT molecular complexity index is 549. The van der Waals surface area contributed by atoms with Gasteiger partial charge in [-0.2, -0.15) is 0 Å². The summed E-state index contributed by atoms with van der Waals surface area (Å²) < 4.78 is 10.3.